The van der Waals surface area contributed by atoms with Crippen LogP contribution in [-0.4, -0.2) is 0 Å². The van der Waals surface area contributed by atoms with E-state index in [1.165, 1.54) is 38.9 Å². The fraction of sp³-hybridized carbons (Fsp3) is 0.0625. The maximum absolute atomic E-state index is 8.75. The van der Waals surface area contributed by atoms with Gasteiger partial charge in [-0.25, -0.2) is 0 Å². The molecule has 0 saturated heterocycles. The highest BCUT2D eigenvalue weighted by atomic mass is 16.3. The van der Waals surface area contributed by atoms with Crippen LogP contribution in [0.2, 0.25) is 0 Å². The van der Waals surface area contributed by atoms with E-state index in [4.69, 9.17) is 11.3 Å². The van der Waals surface area contributed by atoms with Crippen LogP contribution in [0, 0.1) is 0 Å². The maximum Gasteiger partial charge on any atom is 0.135 e. The lowest BCUT2D eigenvalue weighted by atomic mass is 9.65. The number of hydrogen-bond acceptors (Lipinski definition) is 3. The molecular weight excluding hydrogens is 813 g/mol. The Morgan fingerprint density at radius 3 is 1.73 bits per heavy atom. The van der Waals surface area contributed by atoms with Crippen LogP contribution in [0.1, 0.15) is 54.1 Å². The molecule has 0 radical (unpaired) electrons. The van der Waals surface area contributed by atoms with Gasteiger partial charge in [0.2, 0.25) is 0 Å². The minimum absolute atomic E-state index is 0.165. The Hall–Kier alpha value is -8.40. The van der Waals surface area contributed by atoms with Gasteiger partial charge in [0.25, 0.3) is 0 Å². The first-order chi connectivity index (χ1) is 35.0. The summed E-state index contributed by atoms with van der Waals surface area (Å²) in [5.41, 5.74) is 16.9. The average molecular weight is 864 g/mol. The molecule has 0 N–H and O–H groups in total. The van der Waals surface area contributed by atoms with Crippen molar-refractivity contribution in [2.75, 3.05) is 9.80 Å². The molecule has 0 amide bonds. The molecular formula is C64H46N2O. The molecule has 0 bridgehead atoms. The third-order valence-corrected chi connectivity index (χ3v) is 14.2. The summed E-state index contributed by atoms with van der Waals surface area (Å²) in [5.74, 6) is 0. The Labute approximate surface area is 398 Å². The fourth-order valence-electron chi connectivity index (χ4n) is 11.1. The van der Waals surface area contributed by atoms with Crippen molar-refractivity contribution < 1.29 is 11.3 Å². The highest BCUT2D eigenvalue weighted by Gasteiger charge is 2.47. The molecule has 1 aliphatic heterocycles. The van der Waals surface area contributed by atoms with E-state index in [9.17, 15) is 0 Å². The van der Waals surface area contributed by atoms with Gasteiger partial charge in [-0.1, -0.05) is 184 Å². The summed E-state index contributed by atoms with van der Waals surface area (Å²) >= 11 is 0. The standard InChI is InChI=1S/C64H46N2O/c1-63(2)57-40-46(64(45-20-8-4-9-21-45)55-27-15-12-24-51(55)52-25-13-16-28-56(52)64)32-37-59(57)66(47-22-10-5-11-23-47)60-38-35-50(42-58(60)63)65(48-33-30-44(31-34-48)43-18-6-3-7-19-43)49-36-39-62-54(41-49)53-26-14-17-29-61(53)67-62/h3-42H,1-2H3/i3D,6D,7D,18D,19D. The Morgan fingerprint density at radius 1 is 0.433 bits per heavy atom. The molecule has 318 valence electrons. The number of anilines is 6. The summed E-state index contributed by atoms with van der Waals surface area (Å²) in [6.45, 7) is 4.68. The van der Waals surface area contributed by atoms with Gasteiger partial charge in [-0.05, 0) is 128 Å². The molecule has 2 aliphatic rings. The Morgan fingerprint density at radius 2 is 1.00 bits per heavy atom. The number of fused-ring (bicyclic) bond motifs is 8. The zero-order chi connectivity index (χ0) is 49.0. The molecule has 1 aliphatic carbocycles. The lowest BCUT2D eigenvalue weighted by Gasteiger charge is -2.44. The van der Waals surface area contributed by atoms with Gasteiger partial charge in [-0.15, -0.1) is 0 Å². The molecule has 0 atom stereocenters. The van der Waals surface area contributed by atoms with Gasteiger partial charge in [0, 0.05) is 38.9 Å². The summed E-state index contributed by atoms with van der Waals surface area (Å²) < 4.78 is 48.8. The van der Waals surface area contributed by atoms with Gasteiger partial charge in [-0.2, -0.15) is 0 Å². The van der Waals surface area contributed by atoms with E-state index in [1.54, 1.807) is 0 Å². The van der Waals surface area contributed by atoms with Crippen molar-refractivity contribution in [1.82, 2.24) is 0 Å². The summed E-state index contributed by atoms with van der Waals surface area (Å²) in [4.78, 5) is 4.64. The van der Waals surface area contributed by atoms with Crippen molar-refractivity contribution in [3.63, 3.8) is 0 Å². The fourth-order valence-corrected chi connectivity index (χ4v) is 11.1. The Kier molecular flexibility index (Phi) is 7.66. The van der Waals surface area contributed by atoms with Crippen LogP contribution in [0.15, 0.2) is 247 Å². The van der Waals surface area contributed by atoms with Gasteiger partial charge in [-0.3, -0.25) is 0 Å². The number of nitrogens with zero attached hydrogens (tertiary/aromatic N) is 2. The number of hydrogen-bond donors (Lipinski definition) is 0. The van der Waals surface area contributed by atoms with Crippen molar-refractivity contribution in [2.45, 2.75) is 24.7 Å². The predicted octanol–water partition coefficient (Wildman–Crippen LogP) is 17.2. The van der Waals surface area contributed by atoms with Crippen LogP contribution in [-0.2, 0) is 10.8 Å². The minimum atomic E-state index is -0.576. The van der Waals surface area contributed by atoms with Crippen LogP contribution in [0.4, 0.5) is 34.1 Å². The molecule has 13 rings (SSSR count). The third kappa shape index (κ3) is 5.91. The van der Waals surface area contributed by atoms with E-state index in [0.717, 1.165) is 61.6 Å². The van der Waals surface area contributed by atoms with Crippen LogP contribution in [0.25, 0.3) is 44.2 Å². The van der Waals surface area contributed by atoms with Crippen molar-refractivity contribution in [1.29, 1.82) is 0 Å². The molecule has 0 saturated carbocycles. The van der Waals surface area contributed by atoms with Crippen molar-refractivity contribution in [3.05, 3.63) is 276 Å². The van der Waals surface area contributed by atoms with E-state index in [1.807, 2.05) is 48.5 Å². The van der Waals surface area contributed by atoms with Crippen LogP contribution in [0.5, 0.6) is 0 Å². The SMILES string of the molecule is [2H]c1c([2H])c([2H])c(-c2ccc(N(c3ccc4c(c3)C(C)(C)c3cc(C5(c6ccccc6)c6ccccc6-c6ccccc65)ccc3N4c3ccccc3)c3ccc4oc5ccccc5c4c3)cc2)c([2H])c1[2H]. The first-order valence-corrected chi connectivity index (χ1v) is 22.8. The number of rotatable bonds is 7. The topological polar surface area (TPSA) is 19.6 Å². The van der Waals surface area contributed by atoms with Gasteiger partial charge in [0.05, 0.1) is 23.6 Å². The number of furan rings is 1. The molecule has 0 spiro atoms. The first kappa shape index (κ1) is 34.0. The first-order valence-electron chi connectivity index (χ1n) is 25.3. The van der Waals surface area contributed by atoms with E-state index in [-0.39, 0.29) is 29.7 Å². The lowest BCUT2D eigenvalue weighted by molar-refractivity contribution is 0.627. The molecule has 3 heteroatoms. The normalized spacial score (nSPS) is 15.1. The highest BCUT2D eigenvalue weighted by Crippen LogP contribution is 2.59. The van der Waals surface area contributed by atoms with E-state index in [2.05, 4.69) is 187 Å². The molecule has 11 aromatic rings. The molecule has 3 nitrogen and oxygen atoms in total. The highest BCUT2D eigenvalue weighted by molar-refractivity contribution is 6.06. The Bertz CT molecular complexity index is 3900. The van der Waals surface area contributed by atoms with Crippen LogP contribution < -0.4 is 9.80 Å². The quantitative estimate of drug-likeness (QED) is 0.159. The van der Waals surface area contributed by atoms with E-state index >= 15 is 0 Å². The van der Waals surface area contributed by atoms with Gasteiger partial charge in [0.15, 0.2) is 0 Å². The minimum Gasteiger partial charge on any atom is -0.456 e. The zero-order valence-corrected chi connectivity index (χ0v) is 37.0. The lowest BCUT2D eigenvalue weighted by Crippen LogP contribution is -2.33. The summed E-state index contributed by atoms with van der Waals surface area (Å²) in [6.07, 6.45) is 0. The monoisotopic (exact) mass is 863 g/mol. The molecule has 67 heavy (non-hydrogen) atoms. The average Bonchev–Trinajstić information content (AvgIpc) is 3.95. The van der Waals surface area contributed by atoms with Gasteiger partial charge >= 0.3 is 0 Å². The zero-order valence-electron chi connectivity index (χ0n) is 42.0. The van der Waals surface area contributed by atoms with Crippen LogP contribution in [0.3, 0.4) is 0 Å². The van der Waals surface area contributed by atoms with Crippen molar-refractivity contribution in [2.24, 2.45) is 0 Å². The van der Waals surface area contributed by atoms with Gasteiger partial charge < -0.3 is 14.2 Å². The Balaban J connectivity index is 1.03. The second kappa shape index (κ2) is 15.1. The van der Waals surface area contributed by atoms with Crippen LogP contribution >= 0.6 is 0 Å². The third-order valence-electron chi connectivity index (χ3n) is 14.2. The summed E-state index contributed by atoms with van der Waals surface area (Å²) in [6, 6.07) is 73.6. The second-order valence-corrected chi connectivity index (χ2v) is 18.1. The molecule has 10 aromatic carbocycles. The van der Waals surface area contributed by atoms with Crippen molar-refractivity contribution in [3.8, 4) is 22.3 Å². The summed E-state index contributed by atoms with van der Waals surface area (Å²) in [5, 5.41) is 2.00. The smallest absolute Gasteiger partial charge is 0.135 e. The predicted molar refractivity (Wildman–Crippen MR) is 278 cm³/mol. The molecule has 0 unspecified atom stereocenters. The molecule has 0 fully saturated rings. The van der Waals surface area contributed by atoms with E-state index in [0.29, 0.717) is 5.56 Å². The van der Waals surface area contributed by atoms with E-state index < -0.39 is 16.9 Å². The molecule has 1 aromatic heterocycles. The van der Waals surface area contributed by atoms with Gasteiger partial charge in [0.1, 0.15) is 11.2 Å². The molecule has 2 heterocycles. The maximum atomic E-state index is 8.75. The summed E-state index contributed by atoms with van der Waals surface area (Å²) in [7, 11) is 0. The number of para-hydroxylation sites is 2. The second-order valence-electron chi connectivity index (χ2n) is 18.1. The largest absolute Gasteiger partial charge is 0.456 e. The van der Waals surface area contributed by atoms with Crippen molar-refractivity contribution >= 4 is 56.1 Å². The number of benzene rings is 10.